The molecule has 2 heterocycles. The summed E-state index contributed by atoms with van der Waals surface area (Å²) in [6.07, 6.45) is 5.06. The highest BCUT2D eigenvalue weighted by Gasteiger charge is 2.51. The molecule has 1 saturated carbocycles. The molecule has 0 radical (unpaired) electrons. The third kappa shape index (κ3) is 7.08. The Morgan fingerprint density at radius 2 is 1.74 bits per heavy atom. The van der Waals surface area contributed by atoms with Crippen LogP contribution in [0.2, 0.25) is 0 Å². The molecule has 0 aromatic carbocycles. The van der Waals surface area contributed by atoms with Gasteiger partial charge < -0.3 is 25.6 Å². The molecule has 2 aliphatic heterocycles. The number of carbonyl (C=O) groups excluding carboxylic acids is 5. The number of imide groups is 1. The van der Waals surface area contributed by atoms with Crippen LogP contribution in [-0.2, 0) is 19.1 Å². The van der Waals surface area contributed by atoms with Crippen molar-refractivity contribution in [3.8, 4) is 0 Å². The smallest absolute Gasteiger partial charge is 0.407 e. The molecule has 3 N–H and O–H groups in total. The van der Waals surface area contributed by atoms with Crippen LogP contribution in [0.25, 0.3) is 0 Å². The summed E-state index contributed by atoms with van der Waals surface area (Å²) in [5, 5.41) is 8.25. The molecule has 1 unspecified atom stereocenters. The van der Waals surface area contributed by atoms with E-state index in [0.29, 0.717) is 38.8 Å². The summed E-state index contributed by atoms with van der Waals surface area (Å²) in [6, 6.07) is -0.416. The highest BCUT2D eigenvalue weighted by Crippen LogP contribution is 2.33. The van der Waals surface area contributed by atoms with Crippen molar-refractivity contribution < 1.29 is 28.7 Å². The third-order valence-electron chi connectivity index (χ3n) is 6.74. The van der Waals surface area contributed by atoms with E-state index in [1.807, 2.05) is 0 Å². The van der Waals surface area contributed by atoms with Gasteiger partial charge in [-0.05, 0) is 46.5 Å². The number of carbonyl (C=O) groups is 5. The maximum atomic E-state index is 12.9. The van der Waals surface area contributed by atoms with E-state index in [1.54, 1.807) is 25.7 Å². The van der Waals surface area contributed by atoms with Crippen LogP contribution in [0.15, 0.2) is 0 Å². The number of hydrogen-bond donors (Lipinski definition) is 3. The lowest BCUT2D eigenvalue weighted by Crippen LogP contribution is -2.48. The van der Waals surface area contributed by atoms with Crippen LogP contribution in [0.4, 0.5) is 9.59 Å². The summed E-state index contributed by atoms with van der Waals surface area (Å²) >= 11 is 0. The number of urea groups is 1. The Kier molecular flexibility index (Phi) is 8.60. The Morgan fingerprint density at radius 1 is 1.06 bits per heavy atom. The molecule has 3 aliphatic rings. The zero-order valence-corrected chi connectivity index (χ0v) is 21.1. The van der Waals surface area contributed by atoms with Crippen LogP contribution >= 0.6 is 0 Å². The van der Waals surface area contributed by atoms with E-state index < -0.39 is 23.3 Å². The molecule has 0 aromatic heterocycles. The van der Waals surface area contributed by atoms with Crippen molar-refractivity contribution in [1.82, 2.24) is 25.8 Å². The fourth-order valence-corrected chi connectivity index (χ4v) is 4.97. The Morgan fingerprint density at radius 3 is 2.43 bits per heavy atom. The summed E-state index contributed by atoms with van der Waals surface area (Å²) in [5.41, 5.74) is -1.38. The van der Waals surface area contributed by atoms with Crippen LogP contribution in [0.3, 0.4) is 0 Å². The van der Waals surface area contributed by atoms with Gasteiger partial charge in [0.2, 0.25) is 11.8 Å². The van der Waals surface area contributed by atoms with Gasteiger partial charge in [-0.2, -0.15) is 0 Å². The topological polar surface area (TPSA) is 137 Å². The summed E-state index contributed by atoms with van der Waals surface area (Å²) < 4.78 is 5.15. The summed E-state index contributed by atoms with van der Waals surface area (Å²) in [4.78, 5) is 65.2. The summed E-state index contributed by atoms with van der Waals surface area (Å²) in [7, 11) is 0. The Hall–Kier alpha value is -2.85. The van der Waals surface area contributed by atoms with E-state index in [4.69, 9.17) is 4.74 Å². The first-order valence-corrected chi connectivity index (χ1v) is 12.7. The molecule has 1 spiro atoms. The van der Waals surface area contributed by atoms with Crippen molar-refractivity contribution >= 4 is 29.8 Å². The van der Waals surface area contributed by atoms with Gasteiger partial charge in [0, 0.05) is 39.1 Å². The standard InChI is InChI=1S/C24H39N5O6/c1-23(2,3)35-22(34)26-13-12-25-19(31)17-8-7-14-28(16-17)18(30)9-15-29-20(32)24(27-21(29)33)10-5-4-6-11-24/h17H,4-16H2,1-3H3,(H,25,31)(H,26,34)(H,27,33). The monoisotopic (exact) mass is 493 g/mol. The van der Waals surface area contributed by atoms with Crippen molar-refractivity contribution in [3.63, 3.8) is 0 Å². The Labute approximate surface area is 206 Å². The summed E-state index contributed by atoms with van der Waals surface area (Å²) in [6.45, 7) is 6.72. The number of likely N-dealkylation sites (tertiary alicyclic amines) is 1. The zero-order valence-electron chi connectivity index (χ0n) is 21.1. The molecule has 0 aromatic rings. The molecule has 11 heteroatoms. The van der Waals surface area contributed by atoms with E-state index in [9.17, 15) is 24.0 Å². The Balaban J connectivity index is 1.40. The van der Waals surface area contributed by atoms with Gasteiger partial charge in [0.05, 0.1) is 5.92 Å². The molecule has 3 fully saturated rings. The molecule has 35 heavy (non-hydrogen) atoms. The lowest BCUT2D eigenvalue weighted by molar-refractivity contribution is -0.136. The molecular formula is C24H39N5O6. The van der Waals surface area contributed by atoms with E-state index in [1.165, 1.54) is 4.90 Å². The second-order valence-electron chi connectivity index (χ2n) is 10.7. The van der Waals surface area contributed by atoms with Crippen LogP contribution in [-0.4, -0.2) is 83.5 Å². The normalized spacial score (nSPS) is 22.1. The fourth-order valence-electron chi connectivity index (χ4n) is 4.97. The quantitative estimate of drug-likeness (QED) is 0.363. The minimum Gasteiger partial charge on any atom is -0.444 e. The molecule has 1 aliphatic carbocycles. The van der Waals surface area contributed by atoms with Crippen molar-refractivity contribution in [2.75, 3.05) is 32.7 Å². The Bertz CT molecular complexity index is 833. The van der Waals surface area contributed by atoms with Gasteiger partial charge in [0.1, 0.15) is 11.1 Å². The van der Waals surface area contributed by atoms with Gasteiger partial charge >= 0.3 is 12.1 Å². The molecule has 3 rings (SSSR count). The van der Waals surface area contributed by atoms with Gasteiger partial charge in [0.15, 0.2) is 0 Å². The molecule has 6 amide bonds. The first-order chi connectivity index (χ1) is 16.5. The molecule has 11 nitrogen and oxygen atoms in total. The van der Waals surface area contributed by atoms with E-state index in [2.05, 4.69) is 16.0 Å². The third-order valence-corrected chi connectivity index (χ3v) is 6.74. The van der Waals surface area contributed by atoms with Crippen LogP contribution in [0, 0.1) is 5.92 Å². The number of alkyl carbamates (subject to hydrolysis) is 1. The van der Waals surface area contributed by atoms with Crippen molar-refractivity contribution in [1.29, 1.82) is 0 Å². The van der Waals surface area contributed by atoms with Crippen molar-refractivity contribution in [3.05, 3.63) is 0 Å². The number of nitrogens with one attached hydrogen (secondary N) is 3. The van der Waals surface area contributed by atoms with Gasteiger partial charge in [-0.25, -0.2) is 9.59 Å². The average Bonchev–Trinajstić information content (AvgIpc) is 3.02. The first kappa shape index (κ1) is 26.7. The van der Waals surface area contributed by atoms with E-state index in [-0.39, 0.29) is 49.7 Å². The molecule has 1 atom stereocenters. The average molecular weight is 494 g/mol. The zero-order chi connectivity index (χ0) is 25.6. The minimum absolute atomic E-state index is 0.0450. The number of ether oxygens (including phenoxy) is 1. The van der Waals surface area contributed by atoms with Crippen molar-refractivity contribution in [2.24, 2.45) is 5.92 Å². The molecule has 196 valence electrons. The maximum Gasteiger partial charge on any atom is 0.407 e. The van der Waals surface area contributed by atoms with Gasteiger partial charge in [-0.15, -0.1) is 0 Å². The van der Waals surface area contributed by atoms with Gasteiger partial charge in [-0.3, -0.25) is 19.3 Å². The van der Waals surface area contributed by atoms with Gasteiger partial charge in [-0.1, -0.05) is 19.3 Å². The SMILES string of the molecule is CC(C)(C)OC(=O)NCCNC(=O)C1CCCN(C(=O)CCN2C(=O)NC3(CCCCC3)C2=O)C1. The number of hydrogen-bond acceptors (Lipinski definition) is 6. The van der Waals surface area contributed by atoms with E-state index >= 15 is 0 Å². The second-order valence-corrected chi connectivity index (χ2v) is 10.7. The lowest BCUT2D eigenvalue weighted by atomic mass is 9.82. The predicted octanol–water partition coefficient (Wildman–Crippen LogP) is 1.51. The first-order valence-electron chi connectivity index (χ1n) is 12.7. The van der Waals surface area contributed by atoms with Crippen LogP contribution < -0.4 is 16.0 Å². The second kappa shape index (κ2) is 11.3. The highest BCUT2D eigenvalue weighted by molar-refractivity contribution is 6.07. The molecule has 0 bridgehead atoms. The highest BCUT2D eigenvalue weighted by atomic mass is 16.6. The predicted molar refractivity (Wildman–Crippen MR) is 127 cm³/mol. The number of rotatable bonds is 7. The minimum atomic E-state index is -0.787. The maximum absolute atomic E-state index is 12.9. The molecule has 2 saturated heterocycles. The van der Waals surface area contributed by atoms with Crippen LogP contribution in [0.1, 0.15) is 72.1 Å². The van der Waals surface area contributed by atoms with Crippen molar-refractivity contribution in [2.45, 2.75) is 83.3 Å². The largest absolute Gasteiger partial charge is 0.444 e. The fraction of sp³-hybridized carbons (Fsp3) is 0.792. The number of nitrogens with zero attached hydrogens (tertiary/aromatic N) is 2. The number of piperidine rings is 1. The molecular weight excluding hydrogens is 454 g/mol. The lowest BCUT2D eigenvalue weighted by Gasteiger charge is -2.32. The number of amides is 6. The summed E-state index contributed by atoms with van der Waals surface area (Å²) in [5.74, 6) is -0.886. The van der Waals surface area contributed by atoms with E-state index in [0.717, 1.165) is 19.3 Å². The van der Waals surface area contributed by atoms with Gasteiger partial charge in [0.25, 0.3) is 5.91 Å². The van der Waals surface area contributed by atoms with Crippen LogP contribution in [0.5, 0.6) is 0 Å².